The summed E-state index contributed by atoms with van der Waals surface area (Å²) in [6.45, 7) is 1.80. The van der Waals surface area contributed by atoms with Crippen LogP contribution in [0.15, 0.2) is 59.8 Å². The number of hydrogen-bond donors (Lipinski definition) is 2. The van der Waals surface area contributed by atoms with E-state index in [1.54, 1.807) is 43.1 Å². The maximum Gasteiger partial charge on any atom is 0.337 e. The summed E-state index contributed by atoms with van der Waals surface area (Å²) in [6.07, 6.45) is 0. The van der Waals surface area contributed by atoms with Gasteiger partial charge in [0.05, 0.1) is 23.6 Å². The molecule has 3 rings (SSSR count). The van der Waals surface area contributed by atoms with Crippen LogP contribution in [0.4, 0.5) is 11.4 Å². The summed E-state index contributed by atoms with van der Waals surface area (Å²) in [7, 11) is 3.09. The summed E-state index contributed by atoms with van der Waals surface area (Å²) in [5, 5.41) is 17.1. The Hall–Kier alpha value is -3.79. The van der Waals surface area contributed by atoms with Crippen molar-refractivity contribution in [3.63, 3.8) is 0 Å². The second-order valence-electron chi connectivity index (χ2n) is 6.81. The molecule has 0 radical (unpaired) electrons. The molecule has 10 heteroatoms. The number of allylic oxidation sites excluding steroid dienone is 1. The number of esters is 1. The van der Waals surface area contributed by atoms with Gasteiger partial charge in [0, 0.05) is 36.1 Å². The third-order valence-electron chi connectivity index (χ3n) is 5.00. The van der Waals surface area contributed by atoms with Crippen LogP contribution in [-0.2, 0) is 9.53 Å². The van der Waals surface area contributed by atoms with Crippen LogP contribution < -0.4 is 10.6 Å². The van der Waals surface area contributed by atoms with Crippen LogP contribution in [0.1, 0.15) is 28.9 Å². The summed E-state index contributed by atoms with van der Waals surface area (Å²) < 4.78 is 4.94. The van der Waals surface area contributed by atoms with Gasteiger partial charge in [0.2, 0.25) is 0 Å². The van der Waals surface area contributed by atoms with E-state index < -0.39 is 22.8 Å². The average Bonchev–Trinajstić information content (AvgIpc) is 2.77. The molecule has 1 atom stereocenters. The van der Waals surface area contributed by atoms with Crippen molar-refractivity contribution in [2.75, 3.05) is 19.5 Å². The van der Waals surface area contributed by atoms with Gasteiger partial charge in [0.25, 0.3) is 11.6 Å². The van der Waals surface area contributed by atoms with Crippen molar-refractivity contribution < 1.29 is 19.2 Å². The monoisotopic (exact) mass is 440 g/mol. The second-order valence-corrected chi connectivity index (χ2v) is 7.20. The molecule has 9 nitrogen and oxygen atoms in total. The number of nitro benzene ring substituents is 1. The Morgan fingerprint density at radius 3 is 2.32 bits per heavy atom. The van der Waals surface area contributed by atoms with Gasteiger partial charge >= 0.3 is 5.97 Å². The Morgan fingerprint density at radius 1 is 1.16 bits per heavy atom. The summed E-state index contributed by atoms with van der Waals surface area (Å²) >= 11 is 5.35. The minimum Gasteiger partial charge on any atom is -0.466 e. The third-order valence-corrected chi connectivity index (χ3v) is 5.39. The quantitative estimate of drug-likeness (QED) is 0.315. The lowest BCUT2D eigenvalue weighted by Crippen LogP contribution is -2.46. The van der Waals surface area contributed by atoms with Crippen molar-refractivity contribution in [2.45, 2.75) is 13.0 Å². The molecule has 1 unspecified atom stereocenters. The Labute approximate surface area is 183 Å². The molecule has 0 aromatic heterocycles. The molecular weight excluding hydrogens is 420 g/mol. The number of ether oxygens (including phenoxy) is 1. The average molecular weight is 440 g/mol. The molecule has 160 valence electrons. The Morgan fingerprint density at radius 2 is 1.77 bits per heavy atom. The number of carbonyl (C=O) groups excluding carboxylic acids is 2. The van der Waals surface area contributed by atoms with E-state index in [9.17, 15) is 19.7 Å². The zero-order valence-electron chi connectivity index (χ0n) is 17.0. The number of hydrogen-bond acceptors (Lipinski definition) is 6. The molecule has 31 heavy (non-hydrogen) atoms. The van der Waals surface area contributed by atoms with Crippen molar-refractivity contribution in [2.24, 2.45) is 0 Å². The van der Waals surface area contributed by atoms with Crippen LogP contribution in [0.3, 0.4) is 0 Å². The smallest absolute Gasteiger partial charge is 0.337 e. The third kappa shape index (κ3) is 4.53. The van der Waals surface area contributed by atoms with Crippen LogP contribution in [0, 0.1) is 10.1 Å². The Balaban J connectivity index is 1.80. The van der Waals surface area contributed by atoms with Gasteiger partial charge < -0.3 is 20.3 Å². The first-order chi connectivity index (χ1) is 14.7. The van der Waals surface area contributed by atoms with Crippen molar-refractivity contribution in [3.8, 4) is 0 Å². The summed E-state index contributed by atoms with van der Waals surface area (Å²) in [5.41, 5.74) is 2.64. The maximum atomic E-state index is 12.4. The van der Waals surface area contributed by atoms with Crippen molar-refractivity contribution in [1.29, 1.82) is 0 Å². The first kappa shape index (κ1) is 21.9. The number of methoxy groups -OCH3 is 1. The lowest BCUT2D eigenvalue weighted by molar-refractivity contribution is -0.384. The summed E-state index contributed by atoms with van der Waals surface area (Å²) in [4.78, 5) is 36.7. The molecular formula is C21H20N4O5S. The normalized spacial score (nSPS) is 15.9. The fourth-order valence-electron chi connectivity index (χ4n) is 3.16. The zero-order chi connectivity index (χ0) is 22.7. The van der Waals surface area contributed by atoms with Gasteiger partial charge in [0.15, 0.2) is 5.11 Å². The van der Waals surface area contributed by atoms with E-state index in [0.29, 0.717) is 27.6 Å². The van der Waals surface area contributed by atoms with E-state index in [2.05, 4.69) is 10.6 Å². The first-order valence-electron chi connectivity index (χ1n) is 9.22. The Kier molecular flexibility index (Phi) is 6.30. The standard InChI is InChI=1S/C21H20N4O5S/c1-12-17(20(27)30-3)18(23-21(31)24(12)2)13-4-8-15(9-5-13)22-19(26)14-6-10-16(11-7-14)25(28)29/h4-11,18H,1-3H3,(H,22,26)(H,23,31). The largest absolute Gasteiger partial charge is 0.466 e. The van der Waals surface area contributed by atoms with Crippen LogP contribution >= 0.6 is 12.2 Å². The summed E-state index contributed by atoms with van der Waals surface area (Å²) in [6, 6.07) is 11.8. The van der Waals surface area contributed by atoms with Crippen LogP contribution in [-0.4, -0.2) is 41.0 Å². The first-order valence-corrected chi connectivity index (χ1v) is 9.62. The van der Waals surface area contributed by atoms with Gasteiger partial charge in [-0.3, -0.25) is 14.9 Å². The van der Waals surface area contributed by atoms with Crippen LogP contribution in [0.5, 0.6) is 0 Å². The predicted octanol–water partition coefficient (Wildman–Crippen LogP) is 3.16. The number of amides is 1. The molecule has 0 aliphatic carbocycles. The molecule has 2 aromatic carbocycles. The van der Waals surface area contributed by atoms with Crippen LogP contribution in [0.25, 0.3) is 0 Å². The highest BCUT2D eigenvalue weighted by Gasteiger charge is 2.33. The highest BCUT2D eigenvalue weighted by atomic mass is 32.1. The SMILES string of the molecule is COC(=O)C1=C(C)N(C)C(=S)NC1c1ccc(NC(=O)c2ccc([N+](=O)[O-])cc2)cc1. The number of carbonyl (C=O) groups is 2. The van der Waals surface area contributed by atoms with E-state index in [1.165, 1.54) is 31.4 Å². The highest BCUT2D eigenvalue weighted by Crippen LogP contribution is 2.31. The molecule has 0 spiro atoms. The van der Waals surface area contributed by atoms with E-state index in [0.717, 1.165) is 5.56 Å². The number of nitrogens with zero attached hydrogens (tertiary/aromatic N) is 2. The van der Waals surface area contributed by atoms with Gasteiger partial charge in [0.1, 0.15) is 0 Å². The highest BCUT2D eigenvalue weighted by molar-refractivity contribution is 7.80. The molecule has 1 aliphatic rings. The van der Waals surface area contributed by atoms with Gasteiger partial charge in [-0.05, 0) is 49.0 Å². The van der Waals surface area contributed by atoms with E-state index >= 15 is 0 Å². The fourth-order valence-corrected chi connectivity index (χ4v) is 3.41. The molecule has 0 saturated carbocycles. The maximum absolute atomic E-state index is 12.4. The fraction of sp³-hybridized carbons (Fsp3) is 0.190. The lowest BCUT2D eigenvalue weighted by atomic mass is 9.95. The Bertz CT molecular complexity index is 1080. The van der Waals surface area contributed by atoms with Gasteiger partial charge in [-0.15, -0.1) is 0 Å². The number of thiocarbonyl (C=S) groups is 1. The van der Waals surface area contributed by atoms with E-state index in [4.69, 9.17) is 17.0 Å². The number of rotatable bonds is 5. The van der Waals surface area contributed by atoms with E-state index in [1.807, 2.05) is 0 Å². The second kappa shape index (κ2) is 8.92. The number of nitro groups is 1. The van der Waals surface area contributed by atoms with E-state index in [-0.39, 0.29) is 5.69 Å². The van der Waals surface area contributed by atoms with Gasteiger partial charge in [-0.25, -0.2) is 4.79 Å². The minimum atomic E-state index is -0.526. The molecule has 2 aromatic rings. The van der Waals surface area contributed by atoms with Gasteiger partial charge in [-0.2, -0.15) is 0 Å². The summed E-state index contributed by atoms with van der Waals surface area (Å²) in [5.74, 6) is -0.855. The van der Waals surface area contributed by atoms with Gasteiger partial charge in [-0.1, -0.05) is 12.1 Å². The molecule has 0 fully saturated rings. The zero-order valence-corrected chi connectivity index (χ0v) is 17.9. The molecule has 1 amide bonds. The predicted molar refractivity (Wildman–Crippen MR) is 118 cm³/mol. The van der Waals surface area contributed by atoms with Crippen molar-refractivity contribution in [1.82, 2.24) is 10.2 Å². The molecule has 1 heterocycles. The molecule has 2 N–H and O–H groups in total. The van der Waals surface area contributed by atoms with Crippen LogP contribution in [0.2, 0.25) is 0 Å². The lowest BCUT2D eigenvalue weighted by Gasteiger charge is -2.35. The number of non-ortho nitro benzene ring substituents is 1. The number of anilines is 1. The van der Waals surface area contributed by atoms with Crippen molar-refractivity contribution in [3.05, 3.63) is 81.0 Å². The molecule has 0 saturated heterocycles. The topological polar surface area (TPSA) is 114 Å². The van der Waals surface area contributed by atoms with Crippen molar-refractivity contribution >= 4 is 40.6 Å². The molecule has 1 aliphatic heterocycles. The number of nitrogens with one attached hydrogen (secondary N) is 2. The number of benzene rings is 2. The molecule has 0 bridgehead atoms. The minimum absolute atomic E-state index is 0.0887.